The molecular formula is C14H32O8Zn. The van der Waals surface area contributed by atoms with Crippen LogP contribution in [0.1, 0.15) is 0 Å². The van der Waals surface area contributed by atoms with Crippen LogP contribution >= 0.6 is 0 Å². The first-order valence-corrected chi connectivity index (χ1v) is 7.34. The molecule has 0 amide bonds. The SMILES string of the molecule is COCCOCCOCCO.COCCOCCOCCO.[Zn]. The largest absolute Gasteiger partial charge is 0.394 e. The van der Waals surface area contributed by atoms with Crippen molar-refractivity contribution < 1.29 is 58.1 Å². The molecule has 0 radical (unpaired) electrons. The molecule has 0 spiro atoms. The number of hydrogen-bond acceptors (Lipinski definition) is 8. The smallest absolute Gasteiger partial charge is 0.0701 e. The molecule has 0 aromatic carbocycles. The zero-order valence-electron chi connectivity index (χ0n) is 14.5. The maximum absolute atomic E-state index is 8.32. The van der Waals surface area contributed by atoms with E-state index in [9.17, 15) is 0 Å². The van der Waals surface area contributed by atoms with E-state index < -0.39 is 0 Å². The Hall–Kier alpha value is 0.303. The summed E-state index contributed by atoms with van der Waals surface area (Å²) >= 11 is 0. The fraction of sp³-hybridized carbons (Fsp3) is 1.00. The molecule has 0 aliphatic rings. The van der Waals surface area contributed by atoms with Crippen molar-refractivity contribution in [1.82, 2.24) is 0 Å². The molecule has 2 N–H and O–H groups in total. The van der Waals surface area contributed by atoms with Crippen LogP contribution in [0.4, 0.5) is 0 Å². The second-order valence-electron chi connectivity index (χ2n) is 3.88. The molecule has 0 saturated carbocycles. The molecule has 0 rings (SSSR count). The quantitative estimate of drug-likeness (QED) is 0.263. The fourth-order valence-corrected chi connectivity index (χ4v) is 1.06. The van der Waals surface area contributed by atoms with Crippen LogP contribution in [0.5, 0.6) is 0 Å². The molecule has 0 heterocycles. The van der Waals surface area contributed by atoms with Crippen LogP contribution in [0.3, 0.4) is 0 Å². The van der Waals surface area contributed by atoms with E-state index in [1.54, 1.807) is 14.2 Å². The minimum atomic E-state index is 0. The van der Waals surface area contributed by atoms with Gasteiger partial charge < -0.3 is 38.6 Å². The van der Waals surface area contributed by atoms with Crippen LogP contribution < -0.4 is 0 Å². The zero-order valence-corrected chi connectivity index (χ0v) is 17.5. The van der Waals surface area contributed by atoms with Crippen molar-refractivity contribution >= 4 is 0 Å². The second-order valence-corrected chi connectivity index (χ2v) is 3.88. The molecule has 0 fully saturated rings. The maximum Gasteiger partial charge on any atom is 0.0701 e. The zero-order chi connectivity index (χ0) is 16.7. The van der Waals surface area contributed by atoms with Crippen LogP contribution in [0.15, 0.2) is 0 Å². The summed E-state index contributed by atoms with van der Waals surface area (Å²) < 4.78 is 29.6. The first kappa shape index (κ1) is 28.1. The second kappa shape index (κ2) is 30.2. The number of hydrogen-bond donors (Lipinski definition) is 2. The Morgan fingerprint density at radius 1 is 0.478 bits per heavy atom. The molecule has 138 valence electrons. The van der Waals surface area contributed by atoms with Gasteiger partial charge in [0.05, 0.1) is 79.3 Å². The van der Waals surface area contributed by atoms with Crippen molar-refractivity contribution in [3.8, 4) is 0 Å². The molecule has 0 aliphatic heterocycles. The third-order valence-corrected chi connectivity index (χ3v) is 2.08. The Labute approximate surface area is 152 Å². The van der Waals surface area contributed by atoms with Crippen molar-refractivity contribution in [1.29, 1.82) is 0 Å². The predicted molar refractivity (Wildman–Crippen MR) is 81.2 cm³/mol. The van der Waals surface area contributed by atoms with Gasteiger partial charge in [0.2, 0.25) is 0 Å². The number of ether oxygens (including phenoxy) is 6. The van der Waals surface area contributed by atoms with Crippen molar-refractivity contribution in [2.24, 2.45) is 0 Å². The molecule has 0 unspecified atom stereocenters. The molecule has 0 saturated heterocycles. The van der Waals surface area contributed by atoms with Gasteiger partial charge in [0, 0.05) is 33.7 Å². The Morgan fingerprint density at radius 2 is 0.739 bits per heavy atom. The molecule has 0 atom stereocenters. The fourth-order valence-electron chi connectivity index (χ4n) is 1.06. The first-order valence-electron chi connectivity index (χ1n) is 7.34. The van der Waals surface area contributed by atoms with Gasteiger partial charge in [-0.2, -0.15) is 0 Å². The Kier molecular flexibility index (Phi) is 36.9. The summed E-state index contributed by atoms with van der Waals surface area (Å²) in [6.45, 7) is 5.50. The van der Waals surface area contributed by atoms with Gasteiger partial charge in [-0.25, -0.2) is 0 Å². The van der Waals surface area contributed by atoms with Crippen molar-refractivity contribution in [2.45, 2.75) is 0 Å². The molecular weight excluding hydrogens is 362 g/mol. The normalized spacial score (nSPS) is 9.91. The van der Waals surface area contributed by atoms with Gasteiger partial charge >= 0.3 is 0 Å². The van der Waals surface area contributed by atoms with E-state index in [2.05, 4.69) is 0 Å². The molecule has 0 aromatic rings. The molecule has 0 aliphatic carbocycles. The summed E-state index contributed by atoms with van der Waals surface area (Å²) in [6, 6.07) is 0. The summed E-state index contributed by atoms with van der Waals surface area (Å²) in [6.07, 6.45) is 0. The standard InChI is InChI=1S/2C7H16O4.Zn/c2*1-9-4-5-11-7-6-10-3-2-8;/h2*8H,2-7H2,1H3;. The molecule has 8 nitrogen and oxygen atoms in total. The summed E-state index contributed by atoms with van der Waals surface area (Å²) in [5.41, 5.74) is 0. The number of rotatable bonds is 16. The van der Waals surface area contributed by atoms with Gasteiger partial charge in [-0.3, -0.25) is 0 Å². The van der Waals surface area contributed by atoms with E-state index in [1.165, 1.54) is 0 Å². The molecule has 0 bridgehead atoms. The van der Waals surface area contributed by atoms with Gasteiger partial charge in [0.25, 0.3) is 0 Å². The minimum absolute atomic E-state index is 0. The Balaban J connectivity index is -0.000000333. The van der Waals surface area contributed by atoms with Crippen LogP contribution in [-0.4, -0.2) is 104 Å². The van der Waals surface area contributed by atoms with Crippen molar-refractivity contribution in [3.05, 3.63) is 0 Å². The van der Waals surface area contributed by atoms with Crippen molar-refractivity contribution in [3.63, 3.8) is 0 Å². The average Bonchev–Trinajstić information content (AvgIpc) is 2.54. The van der Waals surface area contributed by atoms with E-state index in [1.807, 2.05) is 0 Å². The van der Waals surface area contributed by atoms with Crippen molar-refractivity contribution in [2.75, 3.05) is 93.5 Å². The van der Waals surface area contributed by atoms with Gasteiger partial charge in [0.1, 0.15) is 0 Å². The van der Waals surface area contributed by atoms with Gasteiger partial charge in [-0.1, -0.05) is 0 Å². The molecule has 23 heavy (non-hydrogen) atoms. The molecule has 0 aromatic heterocycles. The first-order chi connectivity index (χ1) is 10.8. The summed E-state index contributed by atoms with van der Waals surface area (Å²) in [7, 11) is 3.26. The average molecular weight is 394 g/mol. The minimum Gasteiger partial charge on any atom is -0.394 e. The summed E-state index contributed by atoms with van der Waals surface area (Å²) in [4.78, 5) is 0. The summed E-state index contributed by atoms with van der Waals surface area (Å²) in [5, 5.41) is 16.6. The Morgan fingerprint density at radius 3 is 1.00 bits per heavy atom. The van der Waals surface area contributed by atoms with E-state index in [4.69, 9.17) is 38.6 Å². The van der Waals surface area contributed by atoms with Gasteiger partial charge in [0.15, 0.2) is 0 Å². The monoisotopic (exact) mass is 392 g/mol. The van der Waals surface area contributed by atoms with Gasteiger partial charge in [-0.15, -0.1) is 0 Å². The van der Waals surface area contributed by atoms with E-state index in [0.29, 0.717) is 66.1 Å². The van der Waals surface area contributed by atoms with E-state index in [-0.39, 0.29) is 32.7 Å². The van der Waals surface area contributed by atoms with Crippen LogP contribution in [0, 0.1) is 0 Å². The van der Waals surface area contributed by atoms with E-state index >= 15 is 0 Å². The van der Waals surface area contributed by atoms with Crippen LogP contribution in [-0.2, 0) is 47.9 Å². The predicted octanol–water partition coefficient (Wildman–Crippen LogP) is -0.686. The number of aliphatic hydroxyl groups is 2. The van der Waals surface area contributed by atoms with E-state index in [0.717, 1.165) is 0 Å². The number of methoxy groups -OCH3 is 2. The van der Waals surface area contributed by atoms with Gasteiger partial charge in [-0.05, 0) is 0 Å². The number of aliphatic hydroxyl groups excluding tert-OH is 2. The van der Waals surface area contributed by atoms with Crippen LogP contribution in [0.2, 0.25) is 0 Å². The third-order valence-electron chi connectivity index (χ3n) is 2.08. The maximum atomic E-state index is 8.32. The Bertz CT molecular complexity index is 143. The van der Waals surface area contributed by atoms with Crippen LogP contribution in [0.25, 0.3) is 0 Å². The third kappa shape index (κ3) is 34.6. The summed E-state index contributed by atoms with van der Waals surface area (Å²) in [5.74, 6) is 0. The molecule has 9 heteroatoms. The topological polar surface area (TPSA) is 95.8 Å².